The van der Waals surface area contributed by atoms with Gasteiger partial charge in [0.2, 0.25) is 5.91 Å². The number of amides is 1. The summed E-state index contributed by atoms with van der Waals surface area (Å²) >= 11 is 0. The van der Waals surface area contributed by atoms with Gasteiger partial charge in [0.1, 0.15) is 0 Å². The topological polar surface area (TPSA) is 29.5 Å². The van der Waals surface area contributed by atoms with E-state index in [1.165, 1.54) is 5.06 Å². The lowest BCUT2D eigenvalue weighted by Gasteiger charge is -2.15. The summed E-state index contributed by atoms with van der Waals surface area (Å²) in [5, 5.41) is 1.52. The van der Waals surface area contributed by atoms with Gasteiger partial charge in [0.15, 0.2) is 0 Å². The number of allylic oxidation sites excluding steroid dienone is 2. The van der Waals surface area contributed by atoms with Crippen LogP contribution in [0.5, 0.6) is 0 Å². The van der Waals surface area contributed by atoms with Gasteiger partial charge in [-0.25, -0.2) is 5.06 Å². The molecule has 2 aliphatic rings. The lowest BCUT2D eigenvalue weighted by Crippen LogP contribution is -2.27. The summed E-state index contributed by atoms with van der Waals surface area (Å²) in [5.74, 6) is 0.603. The first-order valence-electron chi connectivity index (χ1n) is 4.96. The Labute approximate surface area is 78.3 Å². The fraction of sp³-hybridized carbons (Fsp3) is 0.700. The zero-order valence-electron chi connectivity index (χ0n) is 7.74. The Bertz CT molecular complexity index is 219. The molecule has 1 amide bonds. The van der Waals surface area contributed by atoms with E-state index in [0.29, 0.717) is 18.9 Å². The van der Waals surface area contributed by atoms with E-state index in [0.717, 1.165) is 25.8 Å². The third-order valence-corrected chi connectivity index (χ3v) is 2.58. The summed E-state index contributed by atoms with van der Waals surface area (Å²) in [7, 11) is 0. The van der Waals surface area contributed by atoms with E-state index in [2.05, 4.69) is 12.2 Å². The predicted molar refractivity (Wildman–Crippen MR) is 48.8 cm³/mol. The molecule has 3 heteroatoms. The molecule has 1 fully saturated rings. The van der Waals surface area contributed by atoms with Crippen LogP contribution in [0.2, 0.25) is 0 Å². The maximum atomic E-state index is 11.6. The highest BCUT2D eigenvalue weighted by Crippen LogP contribution is 2.21. The van der Waals surface area contributed by atoms with Crippen LogP contribution in [0.4, 0.5) is 0 Å². The zero-order valence-corrected chi connectivity index (χ0v) is 7.74. The number of carbonyl (C=O) groups is 1. The molecule has 1 aliphatic heterocycles. The van der Waals surface area contributed by atoms with Crippen molar-refractivity contribution in [3.05, 3.63) is 12.2 Å². The number of rotatable bonds is 2. The standard InChI is InChI=1S/C10H15NO2/c12-10(11-6-3-7-13-11)8-9-4-1-2-5-9/h1,4,9H,2-3,5-8H2. The highest BCUT2D eigenvalue weighted by atomic mass is 16.7. The van der Waals surface area contributed by atoms with Gasteiger partial charge in [-0.3, -0.25) is 9.63 Å². The Morgan fingerprint density at radius 2 is 2.54 bits per heavy atom. The van der Waals surface area contributed by atoms with E-state index >= 15 is 0 Å². The van der Waals surface area contributed by atoms with E-state index in [-0.39, 0.29) is 5.91 Å². The molecule has 0 bridgehead atoms. The molecular formula is C10H15NO2. The maximum Gasteiger partial charge on any atom is 0.246 e. The highest BCUT2D eigenvalue weighted by Gasteiger charge is 2.22. The molecule has 1 atom stereocenters. The van der Waals surface area contributed by atoms with Gasteiger partial charge in [0.25, 0.3) is 0 Å². The van der Waals surface area contributed by atoms with E-state index in [4.69, 9.17) is 4.84 Å². The van der Waals surface area contributed by atoms with E-state index < -0.39 is 0 Å². The van der Waals surface area contributed by atoms with Crippen LogP contribution in [0.15, 0.2) is 12.2 Å². The van der Waals surface area contributed by atoms with Crippen molar-refractivity contribution in [2.24, 2.45) is 5.92 Å². The number of hydroxylamine groups is 2. The average molecular weight is 181 g/mol. The molecule has 3 nitrogen and oxygen atoms in total. The smallest absolute Gasteiger partial charge is 0.246 e. The normalized spacial score (nSPS) is 27.1. The Kier molecular flexibility index (Phi) is 2.64. The minimum Gasteiger partial charge on any atom is -0.273 e. The van der Waals surface area contributed by atoms with Crippen molar-refractivity contribution in [1.82, 2.24) is 5.06 Å². The molecule has 13 heavy (non-hydrogen) atoms. The van der Waals surface area contributed by atoms with Gasteiger partial charge in [0, 0.05) is 6.42 Å². The summed E-state index contributed by atoms with van der Waals surface area (Å²) in [4.78, 5) is 16.8. The quantitative estimate of drug-likeness (QED) is 0.604. The van der Waals surface area contributed by atoms with Crippen molar-refractivity contribution in [2.75, 3.05) is 13.2 Å². The molecule has 0 aromatic carbocycles. The van der Waals surface area contributed by atoms with Crippen LogP contribution in [0.3, 0.4) is 0 Å². The van der Waals surface area contributed by atoms with Gasteiger partial charge in [0.05, 0.1) is 13.2 Å². The summed E-state index contributed by atoms with van der Waals surface area (Å²) in [6, 6.07) is 0. The van der Waals surface area contributed by atoms with Gasteiger partial charge in [-0.1, -0.05) is 12.2 Å². The second-order valence-electron chi connectivity index (χ2n) is 3.65. The fourth-order valence-electron chi connectivity index (χ4n) is 1.84. The van der Waals surface area contributed by atoms with Crippen LogP contribution in [0.25, 0.3) is 0 Å². The van der Waals surface area contributed by atoms with Crippen molar-refractivity contribution in [1.29, 1.82) is 0 Å². The second kappa shape index (κ2) is 3.92. The maximum absolute atomic E-state index is 11.6. The number of carbonyl (C=O) groups excluding carboxylic acids is 1. The zero-order chi connectivity index (χ0) is 9.10. The minimum atomic E-state index is 0.147. The molecule has 0 radical (unpaired) electrons. The third-order valence-electron chi connectivity index (χ3n) is 2.58. The largest absolute Gasteiger partial charge is 0.273 e. The predicted octanol–water partition coefficient (Wildman–Crippen LogP) is 1.51. The molecule has 0 spiro atoms. The van der Waals surface area contributed by atoms with E-state index in [1.807, 2.05) is 0 Å². The second-order valence-corrected chi connectivity index (χ2v) is 3.65. The van der Waals surface area contributed by atoms with Crippen LogP contribution in [0.1, 0.15) is 25.7 Å². The molecule has 1 saturated heterocycles. The SMILES string of the molecule is O=C(CC1C=CCC1)N1CCCO1. The molecule has 0 aromatic heterocycles. The fourth-order valence-corrected chi connectivity index (χ4v) is 1.84. The number of hydrogen-bond acceptors (Lipinski definition) is 2. The minimum absolute atomic E-state index is 0.147. The monoisotopic (exact) mass is 181 g/mol. The lowest BCUT2D eigenvalue weighted by molar-refractivity contribution is -0.169. The third kappa shape index (κ3) is 2.10. The first-order chi connectivity index (χ1) is 6.36. The van der Waals surface area contributed by atoms with Crippen LogP contribution >= 0.6 is 0 Å². The Balaban J connectivity index is 1.79. The van der Waals surface area contributed by atoms with Gasteiger partial charge >= 0.3 is 0 Å². The molecule has 2 rings (SSSR count). The van der Waals surface area contributed by atoms with Gasteiger partial charge in [-0.15, -0.1) is 0 Å². The van der Waals surface area contributed by atoms with Gasteiger partial charge < -0.3 is 0 Å². The summed E-state index contributed by atoms with van der Waals surface area (Å²) in [6.07, 6.45) is 8.15. The first-order valence-corrected chi connectivity index (χ1v) is 4.96. The molecule has 1 unspecified atom stereocenters. The summed E-state index contributed by atoms with van der Waals surface area (Å²) in [6.45, 7) is 1.47. The Morgan fingerprint density at radius 3 is 3.15 bits per heavy atom. The van der Waals surface area contributed by atoms with Gasteiger partial charge in [-0.05, 0) is 25.2 Å². The number of nitrogens with zero attached hydrogens (tertiary/aromatic N) is 1. The van der Waals surface area contributed by atoms with Crippen molar-refractivity contribution in [3.63, 3.8) is 0 Å². The molecule has 0 N–H and O–H groups in total. The summed E-state index contributed by atoms with van der Waals surface area (Å²) < 4.78 is 0. The van der Waals surface area contributed by atoms with Crippen LogP contribution in [-0.4, -0.2) is 24.1 Å². The average Bonchev–Trinajstić information content (AvgIpc) is 2.74. The molecule has 0 saturated carbocycles. The van der Waals surface area contributed by atoms with Crippen molar-refractivity contribution in [2.45, 2.75) is 25.7 Å². The molecule has 0 aromatic rings. The Hall–Kier alpha value is -0.830. The van der Waals surface area contributed by atoms with E-state index in [9.17, 15) is 4.79 Å². The van der Waals surface area contributed by atoms with Crippen LogP contribution in [-0.2, 0) is 9.63 Å². The van der Waals surface area contributed by atoms with Crippen LogP contribution in [0, 0.1) is 5.92 Å². The van der Waals surface area contributed by atoms with Crippen molar-refractivity contribution >= 4 is 5.91 Å². The molecule has 1 heterocycles. The van der Waals surface area contributed by atoms with Gasteiger partial charge in [-0.2, -0.15) is 0 Å². The molecular weight excluding hydrogens is 166 g/mol. The molecule has 1 aliphatic carbocycles. The van der Waals surface area contributed by atoms with Crippen molar-refractivity contribution < 1.29 is 9.63 Å². The Morgan fingerprint density at radius 1 is 1.62 bits per heavy atom. The lowest BCUT2D eigenvalue weighted by atomic mass is 10.1. The van der Waals surface area contributed by atoms with E-state index in [1.54, 1.807) is 0 Å². The number of hydrogen-bond donors (Lipinski definition) is 0. The summed E-state index contributed by atoms with van der Waals surface area (Å²) in [5.41, 5.74) is 0. The van der Waals surface area contributed by atoms with Crippen molar-refractivity contribution in [3.8, 4) is 0 Å². The first kappa shape index (κ1) is 8.75. The highest BCUT2D eigenvalue weighted by molar-refractivity contribution is 5.75. The molecule has 72 valence electrons. The van der Waals surface area contributed by atoms with Crippen LogP contribution < -0.4 is 0 Å².